The average molecular weight is 385 g/mol. The Kier molecular flexibility index (Phi) is 5.77. The molecule has 1 aliphatic rings. The molecule has 0 radical (unpaired) electrons. The van der Waals surface area contributed by atoms with Crippen molar-refractivity contribution in [3.63, 3.8) is 0 Å². The number of fused-ring (bicyclic) bond motifs is 1. The van der Waals surface area contributed by atoms with Crippen LogP contribution in [-0.2, 0) is 9.59 Å². The third-order valence-corrected chi connectivity index (χ3v) is 4.54. The molecule has 2 aromatic rings. The molecule has 138 valence electrons. The molecule has 7 nitrogen and oxygen atoms in total. The Hall–Kier alpha value is -3.26. The summed E-state index contributed by atoms with van der Waals surface area (Å²) in [5, 5.41) is 11.1. The first-order valence-corrected chi connectivity index (χ1v) is 8.87. The van der Waals surface area contributed by atoms with Crippen molar-refractivity contribution in [2.24, 2.45) is 0 Å². The number of hydrogen-bond acceptors (Lipinski definition) is 6. The Morgan fingerprint density at radius 2 is 1.89 bits per heavy atom. The highest BCUT2D eigenvalue weighted by molar-refractivity contribution is 8.00. The van der Waals surface area contributed by atoms with Crippen molar-refractivity contribution >= 4 is 35.1 Å². The van der Waals surface area contributed by atoms with Gasteiger partial charge in [-0.05, 0) is 36.4 Å². The van der Waals surface area contributed by atoms with Crippen LogP contribution >= 0.6 is 11.8 Å². The molecule has 0 bridgehead atoms. The lowest BCUT2D eigenvalue weighted by atomic mass is 10.1. The third kappa shape index (κ3) is 5.11. The number of carboxylic acids is 1. The van der Waals surface area contributed by atoms with Crippen LogP contribution in [0.5, 0.6) is 11.5 Å². The van der Waals surface area contributed by atoms with Gasteiger partial charge in [-0.25, -0.2) is 4.79 Å². The number of anilines is 1. The molecule has 0 saturated heterocycles. The first-order valence-electron chi connectivity index (χ1n) is 7.89. The fourth-order valence-corrected chi connectivity index (χ4v) is 3.15. The maximum Gasteiger partial charge on any atom is 0.328 e. The van der Waals surface area contributed by atoms with E-state index in [1.54, 1.807) is 36.4 Å². The summed E-state index contributed by atoms with van der Waals surface area (Å²) in [7, 11) is 0. The van der Waals surface area contributed by atoms with E-state index < -0.39 is 11.9 Å². The summed E-state index contributed by atoms with van der Waals surface area (Å²) < 4.78 is 10.5. The zero-order valence-electron chi connectivity index (χ0n) is 14.0. The molecule has 3 rings (SSSR count). The van der Waals surface area contributed by atoms with Gasteiger partial charge in [0.25, 0.3) is 0 Å². The van der Waals surface area contributed by atoms with E-state index in [1.807, 2.05) is 6.07 Å². The van der Waals surface area contributed by atoms with E-state index in [-0.39, 0.29) is 18.3 Å². The maximum absolute atomic E-state index is 12.4. The number of ether oxygens (including phenoxy) is 2. The normalized spacial score (nSPS) is 12.1. The van der Waals surface area contributed by atoms with Crippen molar-refractivity contribution in [3.05, 3.63) is 60.2 Å². The van der Waals surface area contributed by atoms with Gasteiger partial charge in [0.1, 0.15) is 0 Å². The van der Waals surface area contributed by atoms with Gasteiger partial charge in [0.15, 0.2) is 17.3 Å². The van der Waals surface area contributed by atoms with E-state index in [9.17, 15) is 14.4 Å². The van der Waals surface area contributed by atoms with Crippen LogP contribution in [0.2, 0.25) is 0 Å². The van der Waals surface area contributed by atoms with Crippen LogP contribution in [0.25, 0.3) is 0 Å². The highest BCUT2D eigenvalue weighted by Gasteiger charge is 2.16. The molecule has 1 heterocycles. The van der Waals surface area contributed by atoms with Gasteiger partial charge in [-0.2, -0.15) is 0 Å². The summed E-state index contributed by atoms with van der Waals surface area (Å²) in [6, 6.07) is 12.0. The Morgan fingerprint density at radius 1 is 1.07 bits per heavy atom. The SMILES string of the molecule is O=C(O)/C=C/C(=O)Nc1cccc(SCC(=O)c2ccc3c(c2)OCO3)c1. The molecule has 0 aromatic heterocycles. The van der Waals surface area contributed by atoms with E-state index in [4.69, 9.17) is 14.6 Å². The van der Waals surface area contributed by atoms with E-state index in [0.717, 1.165) is 17.0 Å². The summed E-state index contributed by atoms with van der Waals surface area (Å²) in [4.78, 5) is 35.2. The first kappa shape index (κ1) is 18.5. The first-order chi connectivity index (χ1) is 13.0. The summed E-state index contributed by atoms with van der Waals surface area (Å²) in [6.45, 7) is 0.155. The zero-order valence-corrected chi connectivity index (χ0v) is 14.8. The topological polar surface area (TPSA) is 102 Å². The minimum atomic E-state index is -1.20. The molecule has 1 aliphatic heterocycles. The minimum absolute atomic E-state index is 0.0582. The second-order valence-corrected chi connectivity index (χ2v) is 6.52. The number of Topliss-reactive ketones (excluding diaryl/α,β-unsaturated/α-hetero) is 1. The fraction of sp³-hybridized carbons (Fsp3) is 0.105. The van der Waals surface area contributed by atoms with Gasteiger partial charge in [0.05, 0.1) is 5.75 Å². The van der Waals surface area contributed by atoms with Gasteiger partial charge in [-0.1, -0.05) is 6.07 Å². The molecule has 8 heteroatoms. The van der Waals surface area contributed by atoms with Crippen molar-refractivity contribution in [1.82, 2.24) is 0 Å². The molecular formula is C19H15NO6S. The zero-order chi connectivity index (χ0) is 19.2. The molecule has 0 fully saturated rings. The Bertz CT molecular complexity index is 924. The van der Waals surface area contributed by atoms with Crippen LogP contribution in [0.4, 0.5) is 5.69 Å². The predicted octanol–water partition coefficient (Wildman–Crippen LogP) is 2.97. The lowest BCUT2D eigenvalue weighted by molar-refractivity contribution is -0.131. The number of carboxylic acid groups (broad SMARTS) is 1. The van der Waals surface area contributed by atoms with Crippen molar-refractivity contribution in [2.45, 2.75) is 4.90 Å². The van der Waals surface area contributed by atoms with Crippen LogP contribution in [0, 0.1) is 0 Å². The highest BCUT2D eigenvalue weighted by atomic mass is 32.2. The molecule has 0 spiro atoms. The van der Waals surface area contributed by atoms with Crippen molar-refractivity contribution in [1.29, 1.82) is 0 Å². The number of rotatable bonds is 7. The molecule has 1 amide bonds. The Morgan fingerprint density at radius 3 is 2.70 bits per heavy atom. The predicted molar refractivity (Wildman–Crippen MR) is 99.5 cm³/mol. The molecule has 27 heavy (non-hydrogen) atoms. The summed E-state index contributed by atoms with van der Waals surface area (Å²) in [5.74, 6) is -0.398. The van der Waals surface area contributed by atoms with Crippen molar-refractivity contribution in [3.8, 4) is 11.5 Å². The van der Waals surface area contributed by atoms with E-state index in [0.29, 0.717) is 22.7 Å². The Labute approximate surface area is 159 Å². The number of carbonyl (C=O) groups excluding carboxylic acids is 2. The summed E-state index contributed by atoms with van der Waals surface area (Å²) in [5.41, 5.74) is 1.05. The number of thioether (sulfide) groups is 1. The number of benzene rings is 2. The smallest absolute Gasteiger partial charge is 0.328 e. The number of hydrogen-bond donors (Lipinski definition) is 2. The second-order valence-electron chi connectivity index (χ2n) is 5.47. The van der Waals surface area contributed by atoms with E-state index in [1.165, 1.54) is 11.8 Å². The van der Waals surface area contributed by atoms with Crippen LogP contribution in [-0.4, -0.2) is 35.3 Å². The fourth-order valence-electron chi connectivity index (χ4n) is 2.30. The summed E-state index contributed by atoms with van der Waals surface area (Å²) in [6.07, 6.45) is 1.70. The second kappa shape index (κ2) is 8.41. The number of carbonyl (C=O) groups is 3. The van der Waals surface area contributed by atoms with Gasteiger partial charge < -0.3 is 19.9 Å². The van der Waals surface area contributed by atoms with Gasteiger partial charge in [0.2, 0.25) is 12.7 Å². The van der Waals surface area contributed by atoms with Crippen molar-refractivity contribution < 1.29 is 29.0 Å². The molecule has 0 aliphatic carbocycles. The molecule has 0 unspecified atom stereocenters. The number of nitrogens with one attached hydrogen (secondary N) is 1. The number of ketones is 1. The van der Waals surface area contributed by atoms with Gasteiger partial charge in [-0.15, -0.1) is 11.8 Å². The van der Waals surface area contributed by atoms with Crippen molar-refractivity contribution in [2.75, 3.05) is 17.9 Å². The van der Waals surface area contributed by atoms with Gasteiger partial charge in [0, 0.05) is 28.3 Å². The van der Waals surface area contributed by atoms with E-state index in [2.05, 4.69) is 5.32 Å². The standard InChI is InChI=1S/C19H15NO6S/c21-15(12-4-5-16-17(8-12)26-11-25-16)10-27-14-3-1-2-13(9-14)20-18(22)6-7-19(23)24/h1-9H,10-11H2,(H,20,22)(H,23,24)/b7-6+. The highest BCUT2D eigenvalue weighted by Crippen LogP contribution is 2.33. The van der Waals surface area contributed by atoms with Crippen LogP contribution in [0.3, 0.4) is 0 Å². The number of amides is 1. The summed E-state index contributed by atoms with van der Waals surface area (Å²) >= 11 is 1.33. The Balaban J connectivity index is 1.59. The lowest BCUT2D eigenvalue weighted by Crippen LogP contribution is -2.08. The van der Waals surface area contributed by atoms with Crippen LogP contribution in [0.1, 0.15) is 10.4 Å². The molecular weight excluding hydrogens is 370 g/mol. The number of aliphatic carboxylic acids is 1. The van der Waals surface area contributed by atoms with Crippen LogP contribution < -0.4 is 14.8 Å². The molecule has 2 aromatic carbocycles. The average Bonchev–Trinajstić information content (AvgIpc) is 3.12. The molecule has 2 N–H and O–H groups in total. The maximum atomic E-state index is 12.4. The quantitative estimate of drug-likeness (QED) is 0.429. The lowest BCUT2D eigenvalue weighted by Gasteiger charge is -2.06. The molecule has 0 atom stereocenters. The largest absolute Gasteiger partial charge is 0.478 e. The molecule has 0 saturated carbocycles. The third-order valence-electron chi connectivity index (χ3n) is 3.54. The van der Waals surface area contributed by atoms with E-state index >= 15 is 0 Å². The van der Waals surface area contributed by atoms with Gasteiger partial charge >= 0.3 is 5.97 Å². The van der Waals surface area contributed by atoms with Gasteiger partial charge in [-0.3, -0.25) is 9.59 Å². The monoisotopic (exact) mass is 385 g/mol. The minimum Gasteiger partial charge on any atom is -0.478 e. The van der Waals surface area contributed by atoms with Crippen LogP contribution in [0.15, 0.2) is 59.5 Å².